The Morgan fingerprint density at radius 1 is 1.14 bits per heavy atom. The van der Waals surface area contributed by atoms with Crippen molar-refractivity contribution in [1.29, 1.82) is 0 Å². The summed E-state index contributed by atoms with van der Waals surface area (Å²) in [5, 5.41) is 11.3. The topological polar surface area (TPSA) is 41.9 Å². The molecule has 0 radical (unpaired) electrons. The molecule has 2 aromatic rings. The first-order valence-electron chi connectivity index (χ1n) is 7.07. The number of hydrogen-bond donors (Lipinski definition) is 1. The van der Waals surface area contributed by atoms with Crippen LogP contribution in [0.25, 0.3) is 0 Å². The van der Waals surface area contributed by atoms with Crippen molar-refractivity contribution in [1.82, 2.24) is 0 Å². The predicted octanol–water partition coefficient (Wildman–Crippen LogP) is 2.94. The number of nitrogens with zero attached hydrogens (tertiary/aromatic N) is 1. The Morgan fingerprint density at radius 2 is 1.86 bits per heavy atom. The maximum absolute atomic E-state index is 9.41. The van der Waals surface area contributed by atoms with Gasteiger partial charge in [-0.05, 0) is 29.8 Å². The molecule has 0 aromatic heterocycles. The van der Waals surface area contributed by atoms with E-state index in [1.807, 2.05) is 59.7 Å². The van der Waals surface area contributed by atoms with Crippen LogP contribution in [0, 0.1) is 0 Å². The second kappa shape index (κ2) is 6.16. The summed E-state index contributed by atoms with van der Waals surface area (Å²) in [6.45, 7) is 0.0238. The number of aliphatic hydroxyl groups is 1. The molecule has 4 nitrogen and oxygen atoms in total. The summed E-state index contributed by atoms with van der Waals surface area (Å²) in [6, 6.07) is 18.0. The minimum atomic E-state index is -0.169. The van der Waals surface area contributed by atoms with Crippen LogP contribution >= 0.6 is 0 Å². The minimum absolute atomic E-state index is 0.0238. The van der Waals surface area contributed by atoms with Crippen molar-refractivity contribution in [2.75, 3.05) is 18.8 Å². The van der Waals surface area contributed by atoms with E-state index in [1.54, 1.807) is 7.11 Å². The molecule has 1 heterocycles. The maximum Gasteiger partial charge on any atom is 0.118 e. The summed E-state index contributed by atoms with van der Waals surface area (Å²) in [6.07, 6.45) is 0.592. The van der Waals surface area contributed by atoms with Crippen molar-refractivity contribution in [3.05, 3.63) is 60.2 Å². The fourth-order valence-electron chi connectivity index (χ4n) is 2.64. The first-order chi connectivity index (χ1) is 10.3. The molecular formula is C17H19NO3. The lowest BCUT2D eigenvalue weighted by atomic mass is 10.0. The van der Waals surface area contributed by atoms with E-state index in [-0.39, 0.29) is 18.8 Å². The average molecular weight is 285 g/mol. The first kappa shape index (κ1) is 13.9. The molecule has 2 atom stereocenters. The highest BCUT2D eigenvalue weighted by atomic mass is 16.7. The molecule has 1 N–H and O–H groups in total. The van der Waals surface area contributed by atoms with Gasteiger partial charge in [0.1, 0.15) is 11.9 Å². The molecule has 0 unspecified atom stereocenters. The average Bonchev–Trinajstić information content (AvgIpc) is 3.00. The van der Waals surface area contributed by atoms with Crippen molar-refractivity contribution in [2.24, 2.45) is 0 Å². The van der Waals surface area contributed by atoms with Gasteiger partial charge in [0.15, 0.2) is 0 Å². The van der Waals surface area contributed by atoms with Crippen molar-refractivity contribution >= 4 is 5.69 Å². The molecule has 110 valence electrons. The van der Waals surface area contributed by atoms with Gasteiger partial charge in [-0.3, -0.25) is 4.84 Å². The van der Waals surface area contributed by atoms with Crippen LogP contribution in [-0.2, 0) is 4.84 Å². The molecule has 21 heavy (non-hydrogen) atoms. The minimum Gasteiger partial charge on any atom is -0.497 e. The zero-order chi connectivity index (χ0) is 14.7. The number of rotatable bonds is 4. The second-order valence-electron chi connectivity index (χ2n) is 5.10. The van der Waals surface area contributed by atoms with Crippen molar-refractivity contribution in [3.8, 4) is 5.75 Å². The number of ether oxygens (including phenoxy) is 1. The van der Waals surface area contributed by atoms with Crippen LogP contribution in [0.2, 0.25) is 0 Å². The van der Waals surface area contributed by atoms with Gasteiger partial charge in [0, 0.05) is 6.42 Å². The summed E-state index contributed by atoms with van der Waals surface area (Å²) in [7, 11) is 1.66. The van der Waals surface area contributed by atoms with E-state index in [0.717, 1.165) is 23.4 Å². The molecule has 1 aliphatic heterocycles. The lowest BCUT2D eigenvalue weighted by Gasteiger charge is -2.25. The van der Waals surface area contributed by atoms with Gasteiger partial charge < -0.3 is 9.84 Å². The van der Waals surface area contributed by atoms with Crippen molar-refractivity contribution in [3.63, 3.8) is 0 Å². The van der Waals surface area contributed by atoms with Gasteiger partial charge >= 0.3 is 0 Å². The van der Waals surface area contributed by atoms with Crippen LogP contribution in [-0.4, -0.2) is 24.9 Å². The fraction of sp³-hybridized carbons (Fsp3) is 0.294. The third-order valence-corrected chi connectivity index (χ3v) is 3.75. The highest BCUT2D eigenvalue weighted by molar-refractivity contribution is 5.47. The van der Waals surface area contributed by atoms with Gasteiger partial charge in [-0.25, -0.2) is 5.06 Å². The number of para-hydroxylation sites is 1. The van der Waals surface area contributed by atoms with Gasteiger partial charge in [-0.1, -0.05) is 30.3 Å². The van der Waals surface area contributed by atoms with E-state index in [1.165, 1.54) is 0 Å². The number of hydrogen-bond acceptors (Lipinski definition) is 4. The van der Waals surface area contributed by atoms with Crippen LogP contribution in [0.4, 0.5) is 5.69 Å². The Morgan fingerprint density at radius 3 is 2.48 bits per heavy atom. The fourth-order valence-corrected chi connectivity index (χ4v) is 2.64. The third kappa shape index (κ3) is 2.86. The van der Waals surface area contributed by atoms with Gasteiger partial charge in [0.05, 0.1) is 25.4 Å². The third-order valence-electron chi connectivity index (χ3n) is 3.75. The van der Waals surface area contributed by atoms with E-state index in [9.17, 15) is 5.11 Å². The Balaban J connectivity index is 1.89. The zero-order valence-electron chi connectivity index (χ0n) is 12.0. The summed E-state index contributed by atoms with van der Waals surface area (Å²) in [5.41, 5.74) is 2.14. The van der Waals surface area contributed by atoms with Crippen molar-refractivity contribution in [2.45, 2.75) is 18.6 Å². The molecular weight excluding hydrogens is 266 g/mol. The molecule has 0 amide bonds. The van der Waals surface area contributed by atoms with Crippen molar-refractivity contribution < 1.29 is 14.7 Å². The first-order valence-corrected chi connectivity index (χ1v) is 7.07. The molecule has 4 heteroatoms. The monoisotopic (exact) mass is 285 g/mol. The number of benzene rings is 2. The summed E-state index contributed by atoms with van der Waals surface area (Å²) in [5.74, 6) is 0.836. The number of aliphatic hydroxyl groups excluding tert-OH is 1. The Kier molecular flexibility index (Phi) is 4.08. The molecule has 0 aliphatic carbocycles. The number of hydroxylamine groups is 1. The highest BCUT2D eigenvalue weighted by Crippen LogP contribution is 2.38. The lowest BCUT2D eigenvalue weighted by Crippen LogP contribution is -2.22. The maximum atomic E-state index is 9.41. The summed E-state index contributed by atoms with van der Waals surface area (Å²) < 4.78 is 5.20. The summed E-state index contributed by atoms with van der Waals surface area (Å²) in [4.78, 5) is 5.87. The van der Waals surface area contributed by atoms with Gasteiger partial charge in [0.2, 0.25) is 0 Å². The molecule has 1 fully saturated rings. The molecule has 0 spiro atoms. The molecule has 1 aliphatic rings. The predicted molar refractivity (Wildman–Crippen MR) is 81.2 cm³/mol. The van der Waals surface area contributed by atoms with Crippen LogP contribution in [0.1, 0.15) is 18.0 Å². The van der Waals surface area contributed by atoms with Crippen LogP contribution < -0.4 is 9.80 Å². The molecule has 1 saturated heterocycles. The second-order valence-corrected chi connectivity index (χ2v) is 5.10. The van der Waals surface area contributed by atoms with Gasteiger partial charge in [-0.15, -0.1) is 0 Å². The van der Waals surface area contributed by atoms with Crippen LogP contribution in [0.3, 0.4) is 0 Å². The van der Waals surface area contributed by atoms with E-state index in [0.29, 0.717) is 0 Å². The summed E-state index contributed by atoms with van der Waals surface area (Å²) >= 11 is 0. The molecule has 0 saturated carbocycles. The van der Waals surface area contributed by atoms with Crippen LogP contribution in [0.5, 0.6) is 5.75 Å². The van der Waals surface area contributed by atoms with Gasteiger partial charge in [0.25, 0.3) is 0 Å². The molecule has 2 aromatic carbocycles. The Hall–Kier alpha value is -2.04. The lowest BCUT2D eigenvalue weighted by molar-refractivity contribution is 0.0406. The van der Waals surface area contributed by atoms with Crippen LogP contribution in [0.15, 0.2) is 54.6 Å². The largest absolute Gasteiger partial charge is 0.497 e. The quantitative estimate of drug-likeness (QED) is 0.938. The SMILES string of the molecule is COc1ccc([C@H]2C[C@H](CO)ON2c2ccccc2)cc1. The van der Waals surface area contributed by atoms with E-state index < -0.39 is 0 Å². The van der Waals surface area contributed by atoms with E-state index >= 15 is 0 Å². The normalized spacial score (nSPS) is 21.5. The smallest absolute Gasteiger partial charge is 0.118 e. The Bertz CT molecular complexity index is 570. The zero-order valence-corrected chi connectivity index (χ0v) is 12.0. The van der Waals surface area contributed by atoms with E-state index in [4.69, 9.17) is 9.57 Å². The standard InChI is InChI=1S/C17H19NO3/c1-20-15-9-7-13(8-10-15)17-11-16(12-19)21-18(17)14-5-3-2-4-6-14/h2-10,16-17,19H,11-12H2,1H3/t16-,17-/m1/s1. The number of anilines is 1. The molecule has 0 bridgehead atoms. The number of methoxy groups -OCH3 is 1. The molecule has 3 rings (SSSR count). The van der Waals surface area contributed by atoms with Gasteiger partial charge in [-0.2, -0.15) is 0 Å². The highest BCUT2D eigenvalue weighted by Gasteiger charge is 2.34. The van der Waals surface area contributed by atoms with E-state index in [2.05, 4.69) is 0 Å². The Labute approximate surface area is 124 Å².